The van der Waals surface area contributed by atoms with E-state index in [9.17, 15) is 4.79 Å². The van der Waals surface area contributed by atoms with Crippen LogP contribution in [0.2, 0.25) is 10.0 Å². The molecule has 0 bridgehead atoms. The Bertz CT molecular complexity index is 775. The van der Waals surface area contributed by atoms with Gasteiger partial charge in [0.25, 0.3) is 0 Å². The van der Waals surface area contributed by atoms with E-state index in [1.807, 2.05) is 36.4 Å². The fraction of sp³-hybridized carbons (Fsp3) is 0.105. The standard InChI is InChI=1S/C19H16Cl2O3/c1-23-18(12-22)19(24-2)14-7-4-3-6-13(14)10-11-15-16(20)8-5-9-17(15)21/h3-12H,1-2H3. The van der Waals surface area contributed by atoms with E-state index in [-0.39, 0.29) is 5.76 Å². The maximum Gasteiger partial charge on any atom is 0.201 e. The molecule has 0 aliphatic heterocycles. The molecule has 0 aromatic heterocycles. The maximum absolute atomic E-state index is 11.2. The molecular formula is C19H16Cl2O3. The molecule has 2 rings (SSSR count). The molecular weight excluding hydrogens is 347 g/mol. The average Bonchev–Trinajstić information content (AvgIpc) is 2.59. The van der Waals surface area contributed by atoms with Crippen LogP contribution in [0, 0.1) is 0 Å². The van der Waals surface area contributed by atoms with Gasteiger partial charge in [-0.2, -0.15) is 0 Å². The highest BCUT2D eigenvalue weighted by Crippen LogP contribution is 2.28. The van der Waals surface area contributed by atoms with Gasteiger partial charge in [-0.25, -0.2) is 0 Å². The van der Waals surface area contributed by atoms with Gasteiger partial charge in [-0.05, 0) is 17.7 Å². The molecule has 3 nitrogen and oxygen atoms in total. The molecule has 2 aromatic rings. The summed E-state index contributed by atoms with van der Waals surface area (Å²) in [5.74, 6) is 0.479. The molecule has 0 spiro atoms. The smallest absolute Gasteiger partial charge is 0.201 e. The van der Waals surface area contributed by atoms with Crippen LogP contribution in [0.4, 0.5) is 0 Å². The van der Waals surface area contributed by atoms with Crippen LogP contribution in [0.25, 0.3) is 17.9 Å². The topological polar surface area (TPSA) is 35.5 Å². The Balaban J connectivity index is 2.52. The number of halogens is 2. The molecule has 2 aromatic carbocycles. The quantitative estimate of drug-likeness (QED) is 0.301. The number of carbonyl (C=O) groups is 1. The highest BCUT2D eigenvalue weighted by atomic mass is 35.5. The van der Waals surface area contributed by atoms with Gasteiger partial charge in [-0.3, -0.25) is 4.79 Å². The second-order valence-electron chi connectivity index (χ2n) is 4.78. The molecule has 0 aliphatic carbocycles. The van der Waals surface area contributed by atoms with Crippen molar-refractivity contribution in [2.75, 3.05) is 14.2 Å². The summed E-state index contributed by atoms with van der Waals surface area (Å²) >= 11 is 12.4. The molecule has 0 saturated carbocycles. The van der Waals surface area contributed by atoms with Crippen molar-refractivity contribution in [2.45, 2.75) is 0 Å². The Hall–Kier alpha value is -2.23. The molecule has 0 fully saturated rings. The van der Waals surface area contributed by atoms with Gasteiger partial charge in [0, 0.05) is 21.2 Å². The van der Waals surface area contributed by atoms with Gasteiger partial charge in [-0.1, -0.05) is 65.7 Å². The second-order valence-corrected chi connectivity index (χ2v) is 5.59. The average molecular weight is 363 g/mol. The maximum atomic E-state index is 11.2. The zero-order chi connectivity index (χ0) is 17.5. The van der Waals surface area contributed by atoms with Gasteiger partial charge in [0.15, 0.2) is 12.0 Å². The first kappa shape index (κ1) is 18.1. The highest BCUT2D eigenvalue weighted by Gasteiger charge is 2.13. The fourth-order valence-electron chi connectivity index (χ4n) is 2.23. The molecule has 0 aliphatic rings. The van der Waals surface area contributed by atoms with E-state index in [4.69, 9.17) is 32.7 Å². The molecule has 124 valence electrons. The summed E-state index contributed by atoms with van der Waals surface area (Å²) in [7, 11) is 2.91. The number of carbonyl (C=O) groups excluding carboxylic acids is 1. The molecule has 0 saturated heterocycles. The third kappa shape index (κ3) is 3.99. The number of ether oxygens (including phenoxy) is 2. The molecule has 0 amide bonds. The summed E-state index contributed by atoms with van der Waals surface area (Å²) in [5, 5.41) is 1.12. The predicted octanol–water partition coefficient (Wildman–Crippen LogP) is 5.32. The Morgan fingerprint density at radius 2 is 1.58 bits per heavy atom. The summed E-state index contributed by atoms with van der Waals surface area (Å²) in [6, 6.07) is 12.8. The van der Waals surface area contributed by atoms with Crippen molar-refractivity contribution >= 4 is 47.4 Å². The number of allylic oxidation sites excluding steroid dienone is 1. The van der Waals surface area contributed by atoms with Crippen LogP contribution in [0.3, 0.4) is 0 Å². The highest BCUT2D eigenvalue weighted by molar-refractivity contribution is 6.37. The fourth-order valence-corrected chi connectivity index (χ4v) is 2.75. The number of methoxy groups -OCH3 is 2. The lowest BCUT2D eigenvalue weighted by Gasteiger charge is -2.12. The van der Waals surface area contributed by atoms with E-state index in [2.05, 4.69) is 0 Å². The summed E-state index contributed by atoms with van der Waals surface area (Å²) in [6.07, 6.45) is 4.30. The number of hydrogen-bond donors (Lipinski definition) is 0. The predicted molar refractivity (Wildman–Crippen MR) is 98.8 cm³/mol. The van der Waals surface area contributed by atoms with Gasteiger partial charge < -0.3 is 9.47 Å². The largest absolute Gasteiger partial charge is 0.492 e. The molecule has 0 atom stereocenters. The Morgan fingerprint density at radius 3 is 2.17 bits per heavy atom. The van der Waals surface area contributed by atoms with Crippen LogP contribution in [0.5, 0.6) is 0 Å². The first-order valence-corrected chi connectivity index (χ1v) is 7.87. The van der Waals surface area contributed by atoms with Crippen LogP contribution >= 0.6 is 23.2 Å². The van der Waals surface area contributed by atoms with Gasteiger partial charge in [-0.15, -0.1) is 0 Å². The first-order valence-electron chi connectivity index (χ1n) is 7.11. The lowest BCUT2D eigenvalue weighted by molar-refractivity contribution is -0.107. The first-order chi connectivity index (χ1) is 11.6. The number of benzene rings is 2. The molecule has 24 heavy (non-hydrogen) atoms. The summed E-state index contributed by atoms with van der Waals surface area (Å²) < 4.78 is 10.4. The van der Waals surface area contributed by atoms with E-state index in [1.54, 1.807) is 18.2 Å². The zero-order valence-electron chi connectivity index (χ0n) is 13.3. The summed E-state index contributed by atoms with van der Waals surface area (Å²) in [5.41, 5.74) is 2.28. The Labute approximate surface area is 151 Å². The lowest BCUT2D eigenvalue weighted by Crippen LogP contribution is -2.00. The molecule has 0 radical (unpaired) electrons. The monoisotopic (exact) mass is 362 g/mol. The van der Waals surface area contributed by atoms with Gasteiger partial charge in [0.2, 0.25) is 5.76 Å². The lowest BCUT2D eigenvalue weighted by atomic mass is 10.0. The minimum atomic E-state index is 0.120. The van der Waals surface area contributed by atoms with Crippen LogP contribution in [0.1, 0.15) is 16.7 Å². The normalized spacial score (nSPS) is 12.0. The van der Waals surface area contributed by atoms with Crippen LogP contribution in [0.15, 0.2) is 48.2 Å². The second kappa shape index (κ2) is 8.57. The summed E-state index contributed by atoms with van der Waals surface area (Å²) in [4.78, 5) is 11.2. The molecule has 0 unspecified atom stereocenters. The number of hydrogen-bond acceptors (Lipinski definition) is 3. The molecule has 5 heteroatoms. The van der Waals surface area contributed by atoms with Crippen LogP contribution < -0.4 is 0 Å². The Kier molecular flexibility index (Phi) is 6.47. The van der Waals surface area contributed by atoms with Gasteiger partial charge >= 0.3 is 0 Å². The van der Waals surface area contributed by atoms with Crippen molar-refractivity contribution in [3.63, 3.8) is 0 Å². The van der Waals surface area contributed by atoms with Crippen molar-refractivity contribution in [1.82, 2.24) is 0 Å². The minimum Gasteiger partial charge on any atom is -0.492 e. The van der Waals surface area contributed by atoms with Crippen LogP contribution in [-0.4, -0.2) is 20.5 Å². The van der Waals surface area contributed by atoms with E-state index >= 15 is 0 Å². The molecule has 0 heterocycles. The Morgan fingerprint density at radius 1 is 0.917 bits per heavy atom. The SMILES string of the molecule is COC(C=O)=C(OC)c1ccccc1C=Cc1c(Cl)cccc1Cl. The van der Waals surface area contributed by atoms with E-state index in [0.29, 0.717) is 22.1 Å². The number of aldehydes is 1. The number of rotatable bonds is 6. The van der Waals surface area contributed by atoms with Crippen molar-refractivity contribution in [3.8, 4) is 0 Å². The van der Waals surface area contributed by atoms with Crippen LogP contribution in [-0.2, 0) is 14.3 Å². The van der Waals surface area contributed by atoms with E-state index in [0.717, 1.165) is 16.7 Å². The van der Waals surface area contributed by atoms with Crippen molar-refractivity contribution in [3.05, 3.63) is 75.0 Å². The zero-order valence-corrected chi connectivity index (χ0v) is 14.8. The van der Waals surface area contributed by atoms with Crippen molar-refractivity contribution < 1.29 is 14.3 Å². The van der Waals surface area contributed by atoms with Crippen molar-refractivity contribution in [1.29, 1.82) is 0 Å². The summed E-state index contributed by atoms with van der Waals surface area (Å²) in [6.45, 7) is 0. The van der Waals surface area contributed by atoms with E-state index < -0.39 is 0 Å². The van der Waals surface area contributed by atoms with Gasteiger partial charge in [0.05, 0.1) is 14.2 Å². The third-order valence-corrected chi connectivity index (χ3v) is 4.05. The van der Waals surface area contributed by atoms with E-state index in [1.165, 1.54) is 14.2 Å². The van der Waals surface area contributed by atoms with Gasteiger partial charge in [0.1, 0.15) is 0 Å². The molecule has 0 N–H and O–H groups in total. The van der Waals surface area contributed by atoms with Crippen molar-refractivity contribution in [2.24, 2.45) is 0 Å². The third-order valence-electron chi connectivity index (χ3n) is 3.39. The minimum absolute atomic E-state index is 0.120.